The van der Waals surface area contributed by atoms with Crippen LogP contribution >= 0.6 is 0 Å². The van der Waals surface area contributed by atoms with Crippen LogP contribution in [0.5, 0.6) is 0 Å². The second-order valence-corrected chi connectivity index (χ2v) is 7.93. The van der Waals surface area contributed by atoms with Gasteiger partial charge in [-0.05, 0) is 27.2 Å². The Kier molecular flexibility index (Phi) is 20.2. The Morgan fingerprint density at radius 3 is 1.24 bits per heavy atom. The molecule has 25 heavy (non-hydrogen) atoms. The van der Waals surface area contributed by atoms with Crippen LogP contribution in [0, 0.1) is 0 Å². The van der Waals surface area contributed by atoms with Gasteiger partial charge < -0.3 is 9.47 Å². The van der Waals surface area contributed by atoms with Crippen molar-refractivity contribution >= 4 is 0 Å². The highest BCUT2D eigenvalue weighted by Crippen LogP contribution is 2.13. The zero-order valence-corrected chi connectivity index (χ0v) is 18.0. The fourth-order valence-corrected chi connectivity index (χ4v) is 3.32. The Hall–Kier alpha value is -0.0800. The van der Waals surface area contributed by atoms with Crippen LogP contribution in [-0.2, 0) is 9.47 Å². The minimum absolute atomic E-state index is 0.0589. The van der Waals surface area contributed by atoms with Gasteiger partial charge in [0, 0.05) is 6.61 Å². The van der Waals surface area contributed by atoms with Crippen molar-refractivity contribution in [2.24, 2.45) is 0 Å². The van der Waals surface area contributed by atoms with Crippen molar-refractivity contribution in [3.8, 4) is 0 Å². The maximum atomic E-state index is 5.65. The summed E-state index contributed by atoms with van der Waals surface area (Å²) in [6.07, 6.45) is 22.7. The molecule has 0 saturated carbocycles. The number of hydrogen-bond acceptors (Lipinski definition) is 2. The SMILES string of the molecule is CCCCCCCCCCCCCCCCCCOC(C)OC(C)C. The molecule has 0 fully saturated rings. The second-order valence-electron chi connectivity index (χ2n) is 7.93. The number of unbranched alkanes of at least 4 members (excludes halogenated alkanes) is 15. The summed E-state index contributed by atoms with van der Waals surface area (Å²) in [6, 6.07) is 0. The molecule has 0 aliphatic heterocycles. The minimum Gasteiger partial charge on any atom is -0.353 e. The first-order valence-corrected chi connectivity index (χ1v) is 11.4. The standard InChI is InChI=1S/C23H48O2/c1-5-6-7-8-9-10-11-12-13-14-15-16-17-18-19-20-21-24-23(4)25-22(2)3/h22-23H,5-21H2,1-4H3. The summed E-state index contributed by atoms with van der Waals surface area (Å²) < 4.78 is 11.2. The van der Waals surface area contributed by atoms with E-state index in [2.05, 4.69) is 20.8 Å². The van der Waals surface area contributed by atoms with Gasteiger partial charge >= 0.3 is 0 Å². The van der Waals surface area contributed by atoms with E-state index in [4.69, 9.17) is 9.47 Å². The third-order valence-electron chi connectivity index (χ3n) is 4.81. The minimum atomic E-state index is -0.0589. The van der Waals surface area contributed by atoms with Gasteiger partial charge in [-0.1, -0.05) is 103 Å². The molecule has 1 unspecified atom stereocenters. The van der Waals surface area contributed by atoms with Gasteiger partial charge in [0.1, 0.15) is 0 Å². The lowest BCUT2D eigenvalue weighted by Gasteiger charge is -2.16. The van der Waals surface area contributed by atoms with Crippen LogP contribution in [0.3, 0.4) is 0 Å². The first-order chi connectivity index (χ1) is 12.2. The van der Waals surface area contributed by atoms with Crippen molar-refractivity contribution in [1.29, 1.82) is 0 Å². The molecule has 152 valence electrons. The van der Waals surface area contributed by atoms with Gasteiger partial charge in [0.2, 0.25) is 0 Å². The molecule has 0 N–H and O–H groups in total. The molecule has 0 spiro atoms. The molecule has 0 saturated heterocycles. The van der Waals surface area contributed by atoms with Crippen LogP contribution in [0.1, 0.15) is 130 Å². The van der Waals surface area contributed by atoms with E-state index in [-0.39, 0.29) is 12.4 Å². The van der Waals surface area contributed by atoms with Crippen molar-refractivity contribution < 1.29 is 9.47 Å². The van der Waals surface area contributed by atoms with E-state index in [0.29, 0.717) is 0 Å². The average Bonchev–Trinajstić information content (AvgIpc) is 2.57. The normalized spacial score (nSPS) is 12.8. The van der Waals surface area contributed by atoms with Gasteiger partial charge in [0.25, 0.3) is 0 Å². The van der Waals surface area contributed by atoms with Crippen molar-refractivity contribution in [3.63, 3.8) is 0 Å². The van der Waals surface area contributed by atoms with Crippen LogP contribution in [-0.4, -0.2) is 19.0 Å². The topological polar surface area (TPSA) is 18.5 Å². The van der Waals surface area contributed by atoms with Crippen LogP contribution in [0.4, 0.5) is 0 Å². The highest BCUT2D eigenvalue weighted by atomic mass is 16.7. The van der Waals surface area contributed by atoms with Gasteiger partial charge in [0.15, 0.2) is 6.29 Å². The molecule has 0 aliphatic rings. The number of ether oxygens (including phenoxy) is 2. The summed E-state index contributed by atoms with van der Waals surface area (Å²) in [5.41, 5.74) is 0. The zero-order valence-electron chi connectivity index (χ0n) is 18.0. The van der Waals surface area contributed by atoms with Crippen LogP contribution in [0.15, 0.2) is 0 Å². The lowest BCUT2D eigenvalue weighted by atomic mass is 10.0. The van der Waals surface area contributed by atoms with Crippen molar-refractivity contribution in [3.05, 3.63) is 0 Å². The molecule has 0 aromatic heterocycles. The first-order valence-electron chi connectivity index (χ1n) is 11.4. The molecule has 2 heteroatoms. The van der Waals surface area contributed by atoms with Gasteiger partial charge in [-0.3, -0.25) is 0 Å². The van der Waals surface area contributed by atoms with E-state index in [1.807, 2.05) is 6.92 Å². The molecule has 0 heterocycles. The average molecular weight is 357 g/mol. The Morgan fingerprint density at radius 1 is 0.520 bits per heavy atom. The van der Waals surface area contributed by atoms with Gasteiger partial charge in [-0.25, -0.2) is 0 Å². The molecule has 1 atom stereocenters. The molecular weight excluding hydrogens is 308 g/mol. The Labute approximate surface area is 159 Å². The first kappa shape index (κ1) is 24.9. The predicted molar refractivity (Wildman–Crippen MR) is 111 cm³/mol. The van der Waals surface area contributed by atoms with Crippen molar-refractivity contribution in [2.75, 3.05) is 6.61 Å². The Bertz CT molecular complexity index is 240. The van der Waals surface area contributed by atoms with E-state index < -0.39 is 0 Å². The number of hydrogen-bond donors (Lipinski definition) is 0. The predicted octanol–water partition coefficient (Wildman–Crippen LogP) is 8.04. The van der Waals surface area contributed by atoms with E-state index >= 15 is 0 Å². The number of rotatable bonds is 20. The molecule has 2 nitrogen and oxygen atoms in total. The van der Waals surface area contributed by atoms with Crippen molar-refractivity contribution in [1.82, 2.24) is 0 Å². The largest absolute Gasteiger partial charge is 0.353 e. The summed E-state index contributed by atoms with van der Waals surface area (Å²) >= 11 is 0. The Balaban J connectivity index is 3.05. The van der Waals surface area contributed by atoms with E-state index in [0.717, 1.165) is 6.61 Å². The third kappa shape index (κ3) is 21.9. The zero-order chi connectivity index (χ0) is 18.6. The summed E-state index contributed by atoms with van der Waals surface area (Å²) in [5, 5.41) is 0. The van der Waals surface area contributed by atoms with E-state index in [9.17, 15) is 0 Å². The summed E-state index contributed by atoms with van der Waals surface area (Å²) in [5.74, 6) is 0. The fraction of sp³-hybridized carbons (Fsp3) is 1.00. The highest BCUT2D eigenvalue weighted by Gasteiger charge is 2.03. The summed E-state index contributed by atoms with van der Waals surface area (Å²) in [4.78, 5) is 0. The molecule has 0 amide bonds. The molecule has 0 aliphatic carbocycles. The maximum Gasteiger partial charge on any atom is 0.155 e. The van der Waals surface area contributed by atoms with Crippen LogP contribution < -0.4 is 0 Å². The van der Waals surface area contributed by atoms with Gasteiger partial charge in [0.05, 0.1) is 6.10 Å². The molecular formula is C23H48O2. The Morgan fingerprint density at radius 2 is 0.880 bits per heavy atom. The fourth-order valence-electron chi connectivity index (χ4n) is 3.32. The third-order valence-corrected chi connectivity index (χ3v) is 4.81. The van der Waals surface area contributed by atoms with Crippen LogP contribution in [0.2, 0.25) is 0 Å². The van der Waals surface area contributed by atoms with Crippen molar-refractivity contribution in [2.45, 2.75) is 143 Å². The second kappa shape index (κ2) is 20.2. The summed E-state index contributed by atoms with van der Waals surface area (Å²) in [6.45, 7) is 9.22. The van der Waals surface area contributed by atoms with E-state index in [1.54, 1.807) is 0 Å². The monoisotopic (exact) mass is 356 g/mol. The molecule has 0 aromatic rings. The van der Waals surface area contributed by atoms with Crippen LogP contribution in [0.25, 0.3) is 0 Å². The lowest BCUT2D eigenvalue weighted by molar-refractivity contribution is -0.151. The lowest BCUT2D eigenvalue weighted by Crippen LogP contribution is -2.18. The summed E-state index contributed by atoms with van der Waals surface area (Å²) in [7, 11) is 0. The molecule has 0 aromatic carbocycles. The van der Waals surface area contributed by atoms with Gasteiger partial charge in [-0.15, -0.1) is 0 Å². The van der Waals surface area contributed by atoms with Gasteiger partial charge in [-0.2, -0.15) is 0 Å². The quantitative estimate of drug-likeness (QED) is 0.162. The molecule has 0 rings (SSSR count). The smallest absolute Gasteiger partial charge is 0.155 e. The van der Waals surface area contributed by atoms with E-state index in [1.165, 1.54) is 103 Å². The maximum absolute atomic E-state index is 5.65. The molecule has 0 bridgehead atoms. The highest BCUT2D eigenvalue weighted by molar-refractivity contribution is 4.50. The molecule has 0 radical (unpaired) electrons.